The van der Waals surface area contributed by atoms with Crippen molar-refractivity contribution in [3.63, 3.8) is 0 Å². The van der Waals surface area contributed by atoms with E-state index in [1.165, 1.54) is 5.01 Å². The Labute approximate surface area is 135 Å². The molecule has 0 aromatic heterocycles. The highest BCUT2D eigenvalue weighted by Gasteiger charge is 2.16. The average molecular weight is 311 g/mol. The maximum absolute atomic E-state index is 12.4. The SMILES string of the molecule is CNC(=S)N(N=Cc1ccccc1)C(=O)Cc1ccccc1. The zero-order valence-electron chi connectivity index (χ0n) is 12.3. The summed E-state index contributed by atoms with van der Waals surface area (Å²) in [4.78, 5) is 12.4. The number of amides is 1. The van der Waals surface area contributed by atoms with E-state index in [9.17, 15) is 4.79 Å². The van der Waals surface area contributed by atoms with Crippen molar-refractivity contribution in [1.82, 2.24) is 10.3 Å². The topological polar surface area (TPSA) is 44.7 Å². The fraction of sp³-hybridized carbons (Fsp3) is 0.118. The van der Waals surface area contributed by atoms with Gasteiger partial charge in [-0.25, -0.2) is 0 Å². The highest BCUT2D eigenvalue weighted by Crippen LogP contribution is 2.05. The van der Waals surface area contributed by atoms with Crippen molar-refractivity contribution >= 4 is 29.5 Å². The van der Waals surface area contributed by atoms with Crippen molar-refractivity contribution in [2.45, 2.75) is 6.42 Å². The molecule has 1 N–H and O–H groups in total. The number of carbonyl (C=O) groups is 1. The zero-order valence-corrected chi connectivity index (χ0v) is 13.1. The van der Waals surface area contributed by atoms with Gasteiger partial charge in [0.05, 0.1) is 12.6 Å². The molecule has 0 unspecified atom stereocenters. The van der Waals surface area contributed by atoms with Crippen molar-refractivity contribution in [3.05, 3.63) is 71.8 Å². The maximum Gasteiger partial charge on any atom is 0.253 e. The number of nitrogens with zero attached hydrogens (tertiary/aromatic N) is 2. The molecular formula is C17H17N3OS. The molecule has 0 bridgehead atoms. The number of hydrogen-bond donors (Lipinski definition) is 1. The van der Waals surface area contributed by atoms with Gasteiger partial charge >= 0.3 is 0 Å². The smallest absolute Gasteiger partial charge is 0.253 e. The number of hydrazone groups is 1. The molecule has 0 saturated carbocycles. The quantitative estimate of drug-likeness (QED) is 0.536. The minimum atomic E-state index is -0.183. The van der Waals surface area contributed by atoms with E-state index in [1.54, 1.807) is 13.3 Å². The summed E-state index contributed by atoms with van der Waals surface area (Å²) in [6.45, 7) is 0. The van der Waals surface area contributed by atoms with E-state index in [0.717, 1.165) is 11.1 Å². The number of benzene rings is 2. The Morgan fingerprint density at radius 3 is 2.32 bits per heavy atom. The van der Waals surface area contributed by atoms with Crippen LogP contribution in [0.15, 0.2) is 65.8 Å². The lowest BCUT2D eigenvalue weighted by molar-refractivity contribution is -0.126. The Morgan fingerprint density at radius 1 is 1.14 bits per heavy atom. The second-order valence-electron chi connectivity index (χ2n) is 4.58. The lowest BCUT2D eigenvalue weighted by atomic mass is 10.1. The highest BCUT2D eigenvalue weighted by atomic mass is 32.1. The molecule has 4 nitrogen and oxygen atoms in total. The summed E-state index contributed by atoms with van der Waals surface area (Å²) < 4.78 is 0. The van der Waals surface area contributed by atoms with E-state index >= 15 is 0 Å². The molecule has 0 aliphatic heterocycles. The first-order valence-electron chi connectivity index (χ1n) is 6.88. The van der Waals surface area contributed by atoms with Gasteiger partial charge in [0, 0.05) is 7.05 Å². The predicted octanol–water partition coefficient (Wildman–Crippen LogP) is 2.60. The minimum absolute atomic E-state index is 0.183. The van der Waals surface area contributed by atoms with Gasteiger partial charge < -0.3 is 5.32 Å². The summed E-state index contributed by atoms with van der Waals surface area (Å²) in [6.07, 6.45) is 1.86. The fourth-order valence-corrected chi connectivity index (χ4v) is 1.99. The summed E-state index contributed by atoms with van der Waals surface area (Å²) in [5.74, 6) is -0.183. The largest absolute Gasteiger partial charge is 0.364 e. The Morgan fingerprint density at radius 2 is 1.73 bits per heavy atom. The van der Waals surface area contributed by atoms with E-state index in [2.05, 4.69) is 10.4 Å². The van der Waals surface area contributed by atoms with Crippen LogP contribution in [0.4, 0.5) is 0 Å². The normalized spacial score (nSPS) is 10.4. The molecular weight excluding hydrogens is 294 g/mol. The molecule has 0 atom stereocenters. The molecule has 2 rings (SSSR count). The third-order valence-corrected chi connectivity index (χ3v) is 3.34. The number of hydrogen-bond acceptors (Lipinski definition) is 3. The second-order valence-corrected chi connectivity index (χ2v) is 4.97. The lowest BCUT2D eigenvalue weighted by Gasteiger charge is -2.17. The third-order valence-electron chi connectivity index (χ3n) is 2.96. The van der Waals surface area contributed by atoms with E-state index < -0.39 is 0 Å². The molecule has 0 heterocycles. The summed E-state index contributed by atoms with van der Waals surface area (Å²) in [6, 6.07) is 19.1. The van der Waals surface area contributed by atoms with Crippen LogP contribution in [0.3, 0.4) is 0 Å². The van der Waals surface area contributed by atoms with E-state index in [1.807, 2.05) is 60.7 Å². The van der Waals surface area contributed by atoms with Crippen LogP contribution in [0, 0.1) is 0 Å². The molecule has 0 aliphatic rings. The first-order chi connectivity index (χ1) is 10.7. The maximum atomic E-state index is 12.4. The molecule has 0 spiro atoms. The summed E-state index contributed by atoms with van der Waals surface area (Å²) in [7, 11) is 1.67. The predicted molar refractivity (Wildman–Crippen MR) is 92.7 cm³/mol. The number of rotatable bonds is 4. The summed E-state index contributed by atoms with van der Waals surface area (Å²) in [5, 5.41) is 8.50. The first kappa shape index (κ1) is 15.9. The Bertz CT molecular complexity index is 656. The molecule has 0 saturated heterocycles. The van der Waals surface area contributed by atoms with Crippen molar-refractivity contribution < 1.29 is 4.79 Å². The van der Waals surface area contributed by atoms with Gasteiger partial charge in [-0.05, 0) is 23.3 Å². The second kappa shape index (κ2) is 8.05. The van der Waals surface area contributed by atoms with Crippen molar-refractivity contribution in [2.75, 3.05) is 7.05 Å². The van der Waals surface area contributed by atoms with Crippen molar-refractivity contribution in [2.24, 2.45) is 5.10 Å². The van der Waals surface area contributed by atoms with Gasteiger partial charge in [-0.2, -0.15) is 10.1 Å². The van der Waals surface area contributed by atoms with Crippen LogP contribution in [0.25, 0.3) is 0 Å². The highest BCUT2D eigenvalue weighted by molar-refractivity contribution is 7.80. The molecule has 112 valence electrons. The van der Waals surface area contributed by atoms with Crippen LogP contribution < -0.4 is 5.32 Å². The van der Waals surface area contributed by atoms with Gasteiger partial charge in [0.15, 0.2) is 5.11 Å². The standard InChI is InChI=1S/C17H17N3OS/c1-18-17(22)20(19-13-15-10-6-3-7-11-15)16(21)12-14-8-4-2-5-9-14/h2-11,13H,12H2,1H3,(H,18,22). The molecule has 1 amide bonds. The Kier molecular flexibility index (Phi) is 5.80. The van der Waals surface area contributed by atoms with Gasteiger partial charge in [0.25, 0.3) is 5.91 Å². The van der Waals surface area contributed by atoms with Crippen molar-refractivity contribution in [1.29, 1.82) is 0 Å². The van der Waals surface area contributed by atoms with Gasteiger partial charge in [-0.1, -0.05) is 60.7 Å². The third kappa shape index (κ3) is 4.49. The van der Waals surface area contributed by atoms with E-state index in [0.29, 0.717) is 0 Å². The van der Waals surface area contributed by atoms with Crippen LogP contribution in [-0.4, -0.2) is 29.3 Å². The first-order valence-corrected chi connectivity index (χ1v) is 7.29. The van der Waals surface area contributed by atoms with Gasteiger partial charge in [-0.15, -0.1) is 0 Å². The summed E-state index contributed by atoms with van der Waals surface area (Å²) >= 11 is 5.16. The van der Waals surface area contributed by atoms with Crippen LogP contribution in [0.1, 0.15) is 11.1 Å². The van der Waals surface area contributed by atoms with Crippen LogP contribution in [0.2, 0.25) is 0 Å². The van der Waals surface area contributed by atoms with Crippen LogP contribution >= 0.6 is 12.2 Å². The Balaban J connectivity index is 2.14. The number of thiocarbonyl (C=S) groups is 1. The molecule has 22 heavy (non-hydrogen) atoms. The number of carbonyl (C=O) groups excluding carboxylic acids is 1. The molecule has 0 fully saturated rings. The number of nitrogens with one attached hydrogen (secondary N) is 1. The van der Waals surface area contributed by atoms with Gasteiger partial charge in [0.1, 0.15) is 0 Å². The molecule has 0 radical (unpaired) electrons. The van der Waals surface area contributed by atoms with Gasteiger partial charge in [-0.3, -0.25) is 4.79 Å². The fourth-order valence-electron chi connectivity index (χ4n) is 1.84. The molecule has 2 aromatic carbocycles. The Hall–Kier alpha value is -2.53. The van der Waals surface area contributed by atoms with E-state index in [-0.39, 0.29) is 17.4 Å². The molecule has 5 heteroatoms. The zero-order chi connectivity index (χ0) is 15.8. The van der Waals surface area contributed by atoms with Crippen LogP contribution in [-0.2, 0) is 11.2 Å². The van der Waals surface area contributed by atoms with Crippen LogP contribution in [0.5, 0.6) is 0 Å². The lowest BCUT2D eigenvalue weighted by Crippen LogP contribution is -2.39. The van der Waals surface area contributed by atoms with Gasteiger partial charge in [0.2, 0.25) is 0 Å². The summed E-state index contributed by atoms with van der Waals surface area (Å²) in [5.41, 5.74) is 1.82. The molecule has 2 aromatic rings. The molecule has 0 aliphatic carbocycles. The minimum Gasteiger partial charge on any atom is -0.364 e. The van der Waals surface area contributed by atoms with Crippen molar-refractivity contribution in [3.8, 4) is 0 Å². The average Bonchev–Trinajstić information content (AvgIpc) is 2.56. The van der Waals surface area contributed by atoms with E-state index in [4.69, 9.17) is 12.2 Å². The monoisotopic (exact) mass is 311 g/mol.